The van der Waals surface area contributed by atoms with Gasteiger partial charge in [-0.1, -0.05) is 54.5 Å². The third kappa shape index (κ3) is 11.0. The molecule has 0 spiro atoms. The number of hydrogen-bond acceptors (Lipinski definition) is 10. The molecule has 1 fully saturated rings. The second-order valence-electron chi connectivity index (χ2n) is 12.8. The summed E-state index contributed by atoms with van der Waals surface area (Å²) in [5.41, 5.74) is 2.49. The monoisotopic (exact) mass is 709 g/mol. The Hall–Kier alpha value is -4.96. The average molecular weight is 710 g/mol. The van der Waals surface area contributed by atoms with E-state index in [1.807, 2.05) is 49.4 Å². The van der Waals surface area contributed by atoms with Gasteiger partial charge in [-0.25, -0.2) is 9.99 Å². The highest BCUT2D eigenvalue weighted by Gasteiger charge is 2.32. The van der Waals surface area contributed by atoms with Gasteiger partial charge in [0, 0.05) is 5.56 Å². The second kappa shape index (κ2) is 18.9. The van der Waals surface area contributed by atoms with Crippen LogP contribution < -0.4 is 24.0 Å². The number of ether oxygens (including phenoxy) is 4. The molecule has 0 radical (unpaired) electrons. The van der Waals surface area contributed by atoms with Crippen molar-refractivity contribution in [2.45, 2.75) is 64.7 Å². The Balaban J connectivity index is 1.11. The molecular weight excluding hydrogens is 663 g/mol. The average Bonchev–Trinajstić information content (AvgIpc) is 3.58. The van der Waals surface area contributed by atoms with Gasteiger partial charge in [0.1, 0.15) is 23.0 Å². The molecule has 5 rings (SSSR count). The van der Waals surface area contributed by atoms with Crippen LogP contribution in [-0.4, -0.2) is 43.4 Å². The molecule has 0 amide bonds. The molecule has 0 bridgehead atoms. The van der Waals surface area contributed by atoms with Gasteiger partial charge in [0.2, 0.25) is 5.13 Å². The first-order valence-electron chi connectivity index (χ1n) is 17.6. The van der Waals surface area contributed by atoms with Gasteiger partial charge in [-0.2, -0.15) is 5.10 Å². The predicted molar refractivity (Wildman–Crippen MR) is 204 cm³/mol. The number of unbranched alkanes of at least 4 members (excludes halogenated alkanes) is 4. The lowest BCUT2D eigenvalue weighted by Gasteiger charge is -2.25. The molecule has 3 aromatic carbocycles. The molecule has 1 heterocycles. The number of benzene rings is 3. The summed E-state index contributed by atoms with van der Waals surface area (Å²) in [6, 6.07) is 20.3. The van der Waals surface area contributed by atoms with E-state index in [-0.39, 0.29) is 23.8 Å². The summed E-state index contributed by atoms with van der Waals surface area (Å²) >= 11 is 1.55. The van der Waals surface area contributed by atoms with E-state index in [2.05, 4.69) is 13.2 Å². The number of aromatic nitrogens is 1. The van der Waals surface area contributed by atoms with Crippen molar-refractivity contribution in [3.05, 3.63) is 97.1 Å². The largest absolute Gasteiger partial charge is 0.496 e. The Morgan fingerprint density at radius 2 is 1.55 bits per heavy atom. The zero-order chi connectivity index (χ0) is 36.0. The molecule has 51 heavy (non-hydrogen) atoms. The summed E-state index contributed by atoms with van der Waals surface area (Å²) in [7, 11) is 1.58. The van der Waals surface area contributed by atoms with Gasteiger partial charge >= 0.3 is 11.9 Å². The number of fused-ring (bicyclic) bond motifs is 1. The van der Waals surface area contributed by atoms with Crippen LogP contribution in [-0.2, 0) is 9.59 Å². The van der Waals surface area contributed by atoms with Crippen LogP contribution in [0.2, 0.25) is 0 Å². The van der Waals surface area contributed by atoms with Crippen LogP contribution in [0.1, 0.15) is 70.3 Å². The third-order valence-electron chi connectivity index (χ3n) is 8.69. The second-order valence-corrected chi connectivity index (χ2v) is 13.8. The number of methoxy groups -OCH3 is 1. The molecule has 10 heteroatoms. The Bertz CT molecular complexity index is 1780. The van der Waals surface area contributed by atoms with E-state index in [0.717, 1.165) is 45.9 Å². The van der Waals surface area contributed by atoms with Crippen LogP contribution in [0.25, 0.3) is 10.2 Å². The number of carbonyl (C=O) groups excluding carboxylic acids is 2. The molecule has 0 saturated heterocycles. The summed E-state index contributed by atoms with van der Waals surface area (Å²) in [6.45, 7) is 10.9. The summed E-state index contributed by atoms with van der Waals surface area (Å²) in [5.74, 6) is 1.05. The van der Waals surface area contributed by atoms with Crippen LogP contribution in [0.5, 0.6) is 23.0 Å². The number of para-hydroxylation sites is 1. The van der Waals surface area contributed by atoms with Crippen molar-refractivity contribution in [2.24, 2.45) is 16.9 Å². The normalized spacial score (nSPS) is 15.7. The molecule has 0 atom stereocenters. The smallest absolute Gasteiger partial charge is 0.314 e. The summed E-state index contributed by atoms with van der Waals surface area (Å²) < 4.78 is 23.9. The highest BCUT2D eigenvalue weighted by atomic mass is 32.1. The van der Waals surface area contributed by atoms with Crippen molar-refractivity contribution in [1.29, 1.82) is 0 Å². The van der Waals surface area contributed by atoms with E-state index in [1.165, 1.54) is 12.8 Å². The van der Waals surface area contributed by atoms with Crippen molar-refractivity contribution < 1.29 is 28.5 Å². The van der Waals surface area contributed by atoms with Crippen LogP contribution in [0.15, 0.2) is 96.6 Å². The van der Waals surface area contributed by atoms with Crippen molar-refractivity contribution in [3.8, 4) is 23.0 Å². The Morgan fingerprint density at radius 3 is 2.22 bits per heavy atom. The van der Waals surface area contributed by atoms with Crippen LogP contribution in [0.3, 0.4) is 0 Å². The van der Waals surface area contributed by atoms with Gasteiger partial charge in [0.15, 0.2) is 0 Å². The van der Waals surface area contributed by atoms with Crippen molar-refractivity contribution in [2.75, 3.05) is 25.3 Å². The SMILES string of the molecule is C=CCCCCCCOc1ccc(OC(=O)C2CCC(C(=O)Oc3ccc(OC)c(/C=N/N(CC(=C)C)c4nc5ccccc5s4)c3)CC2)cc1. The summed E-state index contributed by atoms with van der Waals surface area (Å²) in [6.07, 6.45) is 11.4. The fraction of sp³-hybridized carbons (Fsp3) is 0.366. The number of rotatable bonds is 18. The first-order valence-corrected chi connectivity index (χ1v) is 18.4. The van der Waals surface area contributed by atoms with Gasteiger partial charge in [0.25, 0.3) is 0 Å². The minimum Gasteiger partial charge on any atom is -0.496 e. The quantitative estimate of drug-likeness (QED) is 0.0252. The van der Waals surface area contributed by atoms with E-state index < -0.39 is 0 Å². The molecule has 4 aromatic rings. The van der Waals surface area contributed by atoms with Crippen LogP contribution >= 0.6 is 11.3 Å². The molecule has 1 saturated carbocycles. The lowest BCUT2D eigenvalue weighted by Crippen LogP contribution is -2.30. The van der Waals surface area contributed by atoms with Crippen molar-refractivity contribution in [3.63, 3.8) is 0 Å². The Kier molecular flexibility index (Phi) is 13.8. The van der Waals surface area contributed by atoms with E-state index in [1.54, 1.807) is 60.0 Å². The van der Waals surface area contributed by atoms with Gasteiger partial charge in [-0.3, -0.25) is 9.59 Å². The number of thiazole rings is 1. The van der Waals surface area contributed by atoms with E-state index in [9.17, 15) is 9.59 Å². The first kappa shape index (κ1) is 37.3. The van der Waals surface area contributed by atoms with Gasteiger partial charge in [-0.15, -0.1) is 6.58 Å². The van der Waals surface area contributed by atoms with Crippen molar-refractivity contribution in [1.82, 2.24) is 4.98 Å². The molecule has 1 aliphatic carbocycles. The predicted octanol–water partition coefficient (Wildman–Crippen LogP) is 9.55. The number of anilines is 1. The maximum absolute atomic E-state index is 13.2. The first-order chi connectivity index (χ1) is 24.8. The van der Waals surface area contributed by atoms with Crippen molar-refractivity contribution >= 4 is 44.8 Å². The fourth-order valence-corrected chi connectivity index (χ4v) is 6.82. The van der Waals surface area contributed by atoms with Gasteiger partial charge in [0.05, 0.1) is 48.5 Å². The molecule has 0 unspecified atom stereocenters. The fourth-order valence-electron chi connectivity index (χ4n) is 5.89. The molecule has 268 valence electrons. The Labute approximate surface area is 304 Å². The number of nitrogens with zero attached hydrogens (tertiary/aromatic N) is 3. The molecule has 1 aromatic heterocycles. The molecular formula is C41H47N3O6S. The topological polar surface area (TPSA) is 99.5 Å². The third-order valence-corrected chi connectivity index (χ3v) is 9.74. The lowest BCUT2D eigenvalue weighted by atomic mass is 9.82. The minimum atomic E-state index is -0.319. The molecule has 9 nitrogen and oxygen atoms in total. The highest BCUT2D eigenvalue weighted by molar-refractivity contribution is 7.22. The maximum atomic E-state index is 13.2. The summed E-state index contributed by atoms with van der Waals surface area (Å²) in [4.78, 5) is 30.9. The lowest BCUT2D eigenvalue weighted by molar-refractivity contribution is -0.145. The maximum Gasteiger partial charge on any atom is 0.314 e. The summed E-state index contributed by atoms with van der Waals surface area (Å²) in [5, 5.41) is 7.27. The number of esters is 2. The standard InChI is InChI=1S/C41H47N3O6S/c1-5-6-7-8-9-12-25-48-33-19-21-34(22-20-33)49-39(45)30-15-17-31(18-16-30)40(46)50-35-23-24-37(47-4)32(26-35)27-42-44(28-29(2)3)41-43-36-13-10-11-14-38(36)51-41/h5,10-11,13-14,19-24,26-27,30-31H,1-2,6-9,12,15-18,25,28H2,3-4H3/b42-27+. The molecule has 1 aliphatic rings. The zero-order valence-electron chi connectivity index (χ0n) is 29.6. The Morgan fingerprint density at radius 1 is 0.902 bits per heavy atom. The number of hydrogen-bond donors (Lipinski definition) is 0. The molecule has 0 aliphatic heterocycles. The molecule has 0 N–H and O–H groups in total. The number of hydrazone groups is 1. The van der Waals surface area contributed by atoms with E-state index in [4.69, 9.17) is 29.0 Å². The van der Waals surface area contributed by atoms with E-state index in [0.29, 0.717) is 61.6 Å². The number of allylic oxidation sites excluding steroid dienone is 1. The van der Waals surface area contributed by atoms with Crippen LogP contribution in [0.4, 0.5) is 5.13 Å². The number of carbonyl (C=O) groups is 2. The van der Waals surface area contributed by atoms with Crippen LogP contribution in [0, 0.1) is 11.8 Å². The zero-order valence-corrected chi connectivity index (χ0v) is 30.4. The van der Waals surface area contributed by atoms with Gasteiger partial charge in [-0.05, 0) is 106 Å². The van der Waals surface area contributed by atoms with Gasteiger partial charge < -0.3 is 18.9 Å². The van der Waals surface area contributed by atoms with E-state index >= 15 is 0 Å². The highest BCUT2D eigenvalue weighted by Crippen LogP contribution is 2.33. The minimum absolute atomic E-state index is 0.271.